The standard InChI is InChI=1S/C21H22N4O/c1-2-12-23-20(26)11-10-19-16-25(15-17-7-4-3-5-8-17)24-21(19)18-9-6-13-22-14-18/h3-11,13-14,16H,2,12,15H2,1H3,(H,23,26)/b11-10+. The second-order valence-corrected chi connectivity index (χ2v) is 5.98. The number of nitrogens with one attached hydrogen (secondary N) is 1. The average Bonchev–Trinajstić information content (AvgIpc) is 3.09. The fourth-order valence-electron chi connectivity index (χ4n) is 2.61. The summed E-state index contributed by atoms with van der Waals surface area (Å²) in [5, 5.41) is 7.55. The fourth-order valence-corrected chi connectivity index (χ4v) is 2.61. The van der Waals surface area contributed by atoms with Gasteiger partial charge >= 0.3 is 0 Å². The van der Waals surface area contributed by atoms with Crippen molar-refractivity contribution >= 4 is 12.0 Å². The Balaban J connectivity index is 1.88. The highest BCUT2D eigenvalue weighted by atomic mass is 16.1. The van der Waals surface area contributed by atoms with Gasteiger partial charge in [0.2, 0.25) is 5.91 Å². The smallest absolute Gasteiger partial charge is 0.244 e. The third-order valence-corrected chi connectivity index (χ3v) is 3.88. The van der Waals surface area contributed by atoms with Crippen LogP contribution in [0.3, 0.4) is 0 Å². The Kier molecular flexibility index (Phi) is 5.93. The van der Waals surface area contributed by atoms with Crippen LogP contribution >= 0.6 is 0 Å². The predicted octanol–water partition coefficient (Wildman–Crippen LogP) is 3.53. The Morgan fingerprint density at radius 1 is 1.19 bits per heavy atom. The lowest BCUT2D eigenvalue weighted by molar-refractivity contribution is -0.116. The molecule has 0 saturated heterocycles. The minimum absolute atomic E-state index is 0.0974. The summed E-state index contributed by atoms with van der Waals surface area (Å²) < 4.78 is 1.89. The molecule has 0 fully saturated rings. The van der Waals surface area contributed by atoms with E-state index < -0.39 is 0 Å². The third kappa shape index (κ3) is 4.66. The van der Waals surface area contributed by atoms with Crippen LogP contribution in [0.4, 0.5) is 0 Å². The quantitative estimate of drug-likeness (QED) is 0.666. The average molecular weight is 346 g/mol. The summed E-state index contributed by atoms with van der Waals surface area (Å²) in [7, 11) is 0. The van der Waals surface area contributed by atoms with E-state index in [4.69, 9.17) is 5.10 Å². The predicted molar refractivity (Wildman–Crippen MR) is 103 cm³/mol. The lowest BCUT2D eigenvalue weighted by Gasteiger charge is -2.01. The van der Waals surface area contributed by atoms with Gasteiger partial charge in [0.15, 0.2) is 0 Å². The van der Waals surface area contributed by atoms with E-state index in [0.717, 1.165) is 23.2 Å². The van der Waals surface area contributed by atoms with Crippen molar-refractivity contribution in [1.82, 2.24) is 20.1 Å². The molecular formula is C21H22N4O. The summed E-state index contributed by atoms with van der Waals surface area (Å²) in [4.78, 5) is 16.1. The summed E-state index contributed by atoms with van der Waals surface area (Å²) in [5.41, 5.74) is 3.80. The van der Waals surface area contributed by atoms with Crippen molar-refractivity contribution in [1.29, 1.82) is 0 Å². The molecule has 0 aliphatic rings. The molecule has 0 aliphatic carbocycles. The second kappa shape index (κ2) is 8.76. The Morgan fingerprint density at radius 3 is 2.77 bits per heavy atom. The number of carbonyl (C=O) groups excluding carboxylic acids is 1. The van der Waals surface area contributed by atoms with Gasteiger partial charge in [-0.3, -0.25) is 14.5 Å². The van der Waals surface area contributed by atoms with Crippen LogP contribution in [-0.4, -0.2) is 27.2 Å². The molecule has 1 aromatic carbocycles. The molecule has 132 valence electrons. The lowest BCUT2D eigenvalue weighted by Crippen LogP contribution is -2.21. The van der Waals surface area contributed by atoms with Crippen LogP contribution < -0.4 is 5.32 Å². The van der Waals surface area contributed by atoms with E-state index in [-0.39, 0.29) is 5.91 Å². The highest BCUT2D eigenvalue weighted by molar-refractivity contribution is 5.92. The first-order valence-corrected chi connectivity index (χ1v) is 8.74. The summed E-state index contributed by atoms with van der Waals surface area (Å²) in [6, 6.07) is 14.0. The zero-order chi connectivity index (χ0) is 18.2. The molecule has 1 N–H and O–H groups in total. The Hall–Kier alpha value is -3.21. The largest absolute Gasteiger partial charge is 0.353 e. The SMILES string of the molecule is CCCNC(=O)/C=C/c1cn(Cc2ccccc2)nc1-c1cccnc1. The van der Waals surface area contributed by atoms with Crippen molar-refractivity contribution in [2.75, 3.05) is 6.54 Å². The molecule has 0 atom stereocenters. The molecule has 5 heteroatoms. The number of rotatable bonds is 7. The molecule has 5 nitrogen and oxygen atoms in total. The van der Waals surface area contributed by atoms with Crippen LogP contribution in [0, 0.1) is 0 Å². The van der Waals surface area contributed by atoms with Crippen molar-refractivity contribution in [2.24, 2.45) is 0 Å². The van der Waals surface area contributed by atoms with Crippen LogP contribution in [-0.2, 0) is 11.3 Å². The maximum absolute atomic E-state index is 11.9. The van der Waals surface area contributed by atoms with Crippen molar-refractivity contribution in [2.45, 2.75) is 19.9 Å². The Bertz CT molecular complexity index is 870. The monoisotopic (exact) mass is 346 g/mol. The summed E-state index contributed by atoms with van der Waals surface area (Å²) in [6.07, 6.45) is 9.75. The van der Waals surface area contributed by atoms with Gasteiger partial charge in [-0.25, -0.2) is 0 Å². The number of hydrogen-bond donors (Lipinski definition) is 1. The summed E-state index contributed by atoms with van der Waals surface area (Å²) in [5.74, 6) is -0.0974. The minimum Gasteiger partial charge on any atom is -0.353 e. The first-order valence-electron chi connectivity index (χ1n) is 8.74. The highest BCUT2D eigenvalue weighted by Crippen LogP contribution is 2.22. The van der Waals surface area contributed by atoms with Crippen molar-refractivity contribution in [3.63, 3.8) is 0 Å². The van der Waals surface area contributed by atoms with Gasteiger partial charge in [-0.1, -0.05) is 37.3 Å². The molecule has 1 amide bonds. The topological polar surface area (TPSA) is 59.8 Å². The van der Waals surface area contributed by atoms with Gasteiger partial charge in [0.25, 0.3) is 0 Å². The van der Waals surface area contributed by atoms with Crippen LogP contribution in [0.2, 0.25) is 0 Å². The van der Waals surface area contributed by atoms with Gasteiger partial charge in [-0.15, -0.1) is 0 Å². The third-order valence-electron chi connectivity index (χ3n) is 3.88. The van der Waals surface area contributed by atoms with E-state index >= 15 is 0 Å². The Morgan fingerprint density at radius 2 is 2.04 bits per heavy atom. The van der Waals surface area contributed by atoms with E-state index in [2.05, 4.69) is 22.4 Å². The molecule has 0 unspecified atom stereocenters. The van der Waals surface area contributed by atoms with Crippen LogP contribution in [0.1, 0.15) is 24.5 Å². The first-order chi connectivity index (χ1) is 12.8. The molecule has 0 bridgehead atoms. The minimum atomic E-state index is -0.0974. The second-order valence-electron chi connectivity index (χ2n) is 5.98. The molecular weight excluding hydrogens is 324 g/mol. The van der Waals surface area contributed by atoms with Crippen LogP contribution in [0.25, 0.3) is 17.3 Å². The Labute approximate surface area is 153 Å². The molecule has 0 radical (unpaired) electrons. The molecule has 0 spiro atoms. The van der Waals surface area contributed by atoms with Gasteiger partial charge in [0.1, 0.15) is 5.69 Å². The normalized spacial score (nSPS) is 11.0. The molecule has 0 saturated carbocycles. The summed E-state index contributed by atoms with van der Waals surface area (Å²) >= 11 is 0. The van der Waals surface area contributed by atoms with E-state index in [9.17, 15) is 4.79 Å². The molecule has 3 rings (SSSR count). The van der Waals surface area contributed by atoms with Gasteiger partial charge in [0, 0.05) is 42.3 Å². The highest BCUT2D eigenvalue weighted by Gasteiger charge is 2.10. The number of carbonyl (C=O) groups is 1. The number of hydrogen-bond acceptors (Lipinski definition) is 3. The van der Waals surface area contributed by atoms with Crippen LogP contribution in [0.15, 0.2) is 67.1 Å². The first kappa shape index (κ1) is 17.6. The molecule has 2 heterocycles. The number of benzene rings is 1. The van der Waals surface area contributed by atoms with Crippen molar-refractivity contribution in [3.05, 3.63) is 78.3 Å². The molecule has 0 aliphatic heterocycles. The maximum Gasteiger partial charge on any atom is 0.244 e. The van der Waals surface area contributed by atoms with E-state index in [1.165, 1.54) is 5.56 Å². The van der Waals surface area contributed by atoms with Crippen molar-refractivity contribution in [3.8, 4) is 11.3 Å². The van der Waals surface area contributed by atoms with E-state index in [1.54, 1.807) is 18.5 Å². The van der Waals surface area contributed by atoms with Crippen molar-refractivity contribution < 1.29 is 4.79 Å². The fraction of sp³-hybridized carbons (Fsp3) is 0.190. The van der Waals surface area contributed by atoms with E-state index in [1.807, 2.05) is 54.2 Å². The zero-order valence-corrected chi connectivity index (χ0v) is 14.8. The molecule has 2 aromatic heterocycles. The molecule has 26 heavy (non-hydrogen) atoms. The lowest BCUT2D eigenvalue weighted by atomic mass is 10.1. The van der Waals surface area contributed by atoms with Gasteiger partial charge in [-0.05, 0) is 30.2 Å². The number of aromatic nitrogens is 3. The van der Waals surface area contributed by atoms with Gasteiger partial charge in [0.05, 0.1) is 6.54 Å². The number of amides is 1. The molecule has 3 aromatic rings. The maximum atomic E-state index is 11.9. The number of nitrogens with zero attached hydrogens (tertiary/aromatic N) is 3. The van der Waals surface area contributed by atoms with Crippen LogP contribution in [0.5, 0.6) is 0 Å². The zero-order valence-electron chi connectivity index (χ0n) is 14.8. The number of pyridine rings is 1. The van der Waals surface area contributed by atoms with E-state index in [0.29, 0.717) is 13.1 Å². The summed E-state index contributed by atoms with van der Waals surface area (Å²) in [6.45, 7) is 3.37. The van der Waals surface area contributed by atoms with Gasteiger partial charge in [-0.2, -0.15) is 5.10 Å². The van der Waals surface area contributed by atoms with Gasteiger partial charge < -0.3 is 5.32 Å².